The van der Waals surface area contributed by atoms with Gasteiger partial charge in [-0.3, -0.25) is 0 Å². The lowest BCUT2D eigenvalue weighted by molar-refractivity contribution is 0.768. The fourth-order valence-corrected chi connectivity index (χ4v) is 1.28. The van der Waals surface area contributed by atoms with E-state index in [0.29, 0.717) is 0 Å². The molecule has 0 spiro atoms. The fourth-order valence-electron chi connectivity index (χ4n) is 1.09. The summed E-state index contributed by atoms with van der Waals surface area (Å²) in [6, 6.07) is 7.59. The Morgan fingerprint density at radius 3 is 2.86 bits per heavy atom. The van der Waals surface area contributed by atoms with Gasteiger partial charge in [0.1, 0.15) is 0 Å². The van der Waals surface area contributed by atoms with Crippen LogP contribution in [0.25, 0.3) is 0 Å². The molecule has 74 valence electrons. The minimum absolute atomic E-state index is 0.735. The predicted molar refractivity (Wildman–Crippen MR) is 61.2 cm³/mol. The molecule has 0 unspecified atom stereocenters. The molecule has 2 heteroatoms. The average Bonchev–Trinajstić information content (AvgIpc) is 2.18. The van der Waals surface area contributed by atoms with Crippen molar-refractivity contribution < 1.29 is 0 Å². The molecule has 0 atom stereocenters. The highest BCUT2D eigenvalue weighted by Gasteiger charge is 1.87. The summed E-state index contributed by atoms with van der Waals surface area (Å²) >= 11 is 5.82. The lowest BCUT2D eigenvalue weighted by atomic mass is 10.2. The maximum Gasteiger partial charge on any atom is 0.0418 e. The van der Waals surface area contributed by atoms with Crippen molar-refractivity contribution in [1.29, 1.82) is 0 Å². The van der Waals surface area contributed by atoms with Gasteiger partial charge in [-0.05, 0) is 37.6 Å². The van der Waals surface area contributed by atoms with E-state index in [0.717, 1.165) is 36.4 Å². The number of hydrogen-bond donors (Lipinski definition) is 1. The van der Waals surface area contributed by atoms with Crippen molar-refractivity contribution in [2.24, 2.45) is 5.73 Å². The van der Waals surface area contributed by atoms with Gasteiger partial charge in [-0.2, -0.15) is 0 Å². The minimum Gasteiger partial charge on any atom is -0.330 e. The Labute approximate surface area is 90.3 Å². The van der Waals surface area contributed by atoms with Crippen molar-refractivity contribution in [2.45, 2.75) is 19.3 Å². The second-order valence-electron chi connectivity index (χ2n) is 3.06. The Bertz CT molecular complexity index is 336. The lowest BCUT2D eigenvalue weighted by Gasteiger charge is -1.91. The van der Waals surface area contributed by atoms with Gasteiger partial charge in [0, 0.05) is 17.0 Å². The first-order chi connectivity index (χ1) is 6.83. The number of benzene rings is 1. The molecular weight excluding hydrogens is 194 g/mol. The molecule has 0 amide bonds. The highest BCUT2D eigenvalue weighted by atomic mass is 35.5. The number of unbranched alkanes of at least 4 members (excludes halogenated alkanes) is 2. The van der Waals surface area contributed by atoms with E-state index < -0.39 is 0 Å². The van der Waals surface area contributed by atoms with Crippen LogP contribution in [0, 0.1) is 11.8 Å². The molecule has 0 saturated heterocycles. The SMILES string of the molecule is NCCCCC#Cc1cccc(Cl)c1. The van der Waals surface area contributed by atoms with Gasteiger partial charge in [0.15, 0.2) is 0 Å². The Morgan fingerprint density at radius 1 is 1.29 bits per heavy atom. The third-order valence-corrected chi connectivity index (χ3v) is 2.05. The van der Waals surface area contributed by atoms with Crippen LogP contribution in [-0.2, 0) is 0 Å². The maximum absolute atomic E-state index is 5.82. The minimum atomic E-state index is 0.735. The lowest BCUT2D eigenvalue weighted by Crippen LogP contribution is -1.96. The van der Waals surface area contributed by atoms with Gasteiger partial charge in [-0.1, -0.05) is 29.5 Å². The molecule has 1 nitrogen and oxygen atoms in total. The van der Waals surface area contributed by atoms with Crippen LogP contribution in [0.4, 0.5) is 0 Å². The van der Waals surface area contributed by atoms with Crippen molar-refractivity contribution in [2.75, 3.05) is 6.54 Å². The monoisotopic (exact) mass is 207 g/mol. The highest BCUT2D eigenvalue weighted by molar-refractivity contribution is 6.30. The van der Waals surface area contributed by atoms with Crippen LogP contribution in [0.3, 0.4) is 0 Å². The molecule has 1 aromatic carbocycles. The van der Waals surface area contributed by atoms with Gasteiger partial charge in [0.05, 0.1) is 0 Å². The summed E-state index contributed by atoms with van der Waals surface area (Å²) in [5.41, 5.74) is 6.35. The first-order valence-electron chi connectivity index (χ1n) is 4.77. The zero-order valence-corrected chi connectivity index (χ0v) is 8.85. The molecule has 0 fully saturated rings. The second-order valence-corrected chi connectivity index (χ2v) is 3.49. The molecule has 1 rings (SSSR count). The molecule has 0 saturated carbocycles. The first-order valence-corrected chi connectivity index (χ1v) is 5.15. The zero-order chi connectivity index (χ0) is 10.2. The molecule has 14 heavy (non-hydrogen) atoms. The molecule has 0 bridgehead atoms. The van der Waals surface area contributed by atoms with E-state index in [1.165, 1.54) is 0 Å². The molecule has 0 aliphatic rings. The van der Waals surface area contributed by atoms with E-state index in [-0.39, 0.29) is 0 Å². The maximum atomic E-state index is 5.82. The zero-order valence-electron chi connectivity index (χ0n) is 8.09. The van der Waals surface area contributed by atoms with Gasteiger partial charge in [-0.15, -0.1) is 0 Å². The van der Waals surface area contributed by atoms with Gasteiger partial charge < -0.3 is 5.73 Å². The van der Waals surface area contributed by atoms with Crippen LogP contribution in [0.2, 0.25) is 5.02 Å². The summed E-state index contributed by atoms with van der Waals surface area (Å²) in [4.78, 5) is 0. The van der Waals surface area contributed by atoms with Crippen molar-refractivity contribution in [3.05, 3.63) is 34.9 Å². The quantitative estimate of drug-likeness (QED) is 0.599. The molecule has 2 N–H and O–H groups in total. The Balaban J connectivity index is 2.43. The molecule has 0 heterocycles. The average molecular weight is 208 g/mol. The first kappa shape index (κ1) is 11.1. The van der Waals surface area contributed by atoms with E-state index in [9.17, 15) is 0 Å². The summed E-state index contributed by atoms with van der Waals surface area (Å²) in [5.74, 6) is 6.17. The molecule has 0 radical (unpaired) electrons. The topological polar surface area (TPSA) is 26.0 Å². The van der Waals surface area contributed by atoms with Crippen LogP contribution < -0.4 is 5.73 Å². The predicted octanol–water partition coefficient (Wildman–Crippen LogP) is 2.82. The number of hydrogen-bond acceptors (Lipinski definition) is 1. The molecule has 0 aliphatic heterocycles. The van der Waals surface area contributed by atoms with Crippen molar-refractivity contribution in [3.63, 3.8) is 0 Å². The van der Waals surface area contributed by atoms with Crippen LogP contribution in [0.15, 0.2) is 24.3 Å². The molecule has 1 aromatic rings. The van der Waals surface area contributed by atoms with Crippen molar-refractivity contribution in [3.8, 4) is 11.8 Å². The van der Waals surface area contributed by atoms with Crippen LogP contribution in [0.1, 0.15) is 24.8 Å². The van der Waals surface area contributed by atoms with Crippen LogP contribution in [-0.4, -0.2) is 6.54 Å². The normalized spacial score (nSPS) is 9.29. The Morgan fingerprint density at radius 2 is 2.14 bits per heavy atom. The van der Waals surface area contributed by atoms with Crippen molar-refractivity contribution >= 4 is 11.6 Å². The summed E-state index contributed by atoms with van der Waals surface area (Å²) in [7, 11) is 0. The Kier molecular flexibility index (Phi) is 5.14. The second kappa shape index (κ2) is 6.48. The standard InChI is InChI=1S/C12H14ClN/c13-12-8-5-7-11(10-12)6-3-1-2-4-9-14/h5,7-8,10H,1-2,4,9,14H2. The van der Waals surface area contributed by atoms with E-state index in [1.54, 1.807) is 0 Å². The number of nitrogens with two attached hydrogens (primary N) is 1. The van der Waals surface area contributed by atoms with E-state index in [4.69, 9.17) is 17.3 Å². The van der Waals surface area contributed by atoms with E-state index in [2.05, 4.69) is 11.8 Å². The van der Waals surface area contributed by atoms with Gasteiger partial charge in [0.25, 0.3) is 0 Å². The van der Waals surface area contributed by atoms with Gasteiger partial charge in [-0.25, -0.2) is 0 Å². The van der Waals surface area contributed by atoms with Crippen molar-refractivity contribution in [1.82, 2.24) is 0 Å². The third kappa shape index (κ3) is 4.32. The molecular formula is C12H14ClN. The van der Waals surface area contributed by atoms with E-state index in [1.807, 2.05) is 24.3 Å². The smallest absolute Gasteiger partial charge is 0.0418 e. The third-order valence-electron chi connectivity index (χ3n) is 1.81. The molecule has 0 aromatic heterocycles. The summed E-state index contributed by atoms with van der Waals surface area (Å²) in [6.07, 6.45) is 3.03. The molecule has 0 aliphatic carbocycles. The Hall–Kier alpha value is -0.970. The summed E-state index contributed by atoms with van der Waals surface area (Å²) in [6.45, 7) is 0.749. The number of halogens is 1. The van der Waals surface area contributed by atoms with Crippen LogP contribution >= 0.6 is 11.6 Å². The van der Waals surface area contributed by atoms with Crippen LogP contribution in [0.5, 0.6) is 0 Å². The number of rotatable bonds is 3. The fraction of sp³-hybridized carbons (Fsp3) is 0.333. The van der Waals surface area contributed by atoms with E-state index >= 15 is 0 Å². The highest BCUT2D eigenvalue weighted by Crippen LogP contribution is 2.09. The van der Waals surface area contributed by atoms with Gasteiger partial charge in [0.2, 0.25) is 0 Å². The summed E-state index contributed by atoms with van der Waals surface area (Å²) in [5, 5.41) is 0.735. The summed E-state index contributed by atoms with van der Waals surface area (Å²) < 4.78 is 0. The van der Waals surface area contributed by atoms with Gasteiger partial charge >= 0.3 is 0 Å². The largest absolute Gasteiger partial charge is 0.330 e.